The lowest BCUT2D eigenvalue weighted by molar-refractivity contribution is 0.0730. The molecular weight excluding hydrogens is 413 g/mol. The first-order valence-electron chi connectivity index (χ1n) is 8.44. The van der Waals surface area contributed by atoms with Crippen molar-refractivity contribution in [2.45, 2.75) is 0 Å². The monoisotopic (exact) mass is 427 g/mol. The summed E-state index contributed by atoms with van der Waals surface area (Å²) in [6.45, 7) is 0. The van der Waals surface area contributed by atoms with Gasteiger partial charge in [-0.1, -0.05) is 29.8 Å². The highest BCUT2D eigenvalue weighted by Gasteiger charge is 2.13. The van der Waals surface area contributed by atoms with Gasteiger partial charge in [-0.15, -0.1) is 0 Å². The standard InChI is InChI=1S/C21H15ClFN3O2S/c22-15-4-3-5-16(12-15)25-21(29)26-24-13-14-8-10-17(11-9-14)28-20(27)18-6-1-2-7-19(18)23/h1-13H,(H2,25,26,29)/b24-13+. The Morgan fingerprint density at radius 1 is 1.07 bits per heavy atom. The average molecular weight is 428 g/mol. The maximum atomic E-state index is 13.6. The molecule has 0 bridgehead atoms. The number of halogens is 2. The second kappa shape index (κ2) is 9.77. The fourth-order valence-electron chi connectivity index (χ4n) is 2.30. The van der Waals surface area contributed by atoms with Crippen LogP contribution in [0.15, 0.2) is 77.9 Å². The van der Waals surface area contributed by atoms with E-state index in [-0.39, 0.29) is 5.56 Å². The predicted molar refractivity (Wildman–Crippen MR) is 116 cm³/mol. The molecule has 29 heavy (non-hydrogen) atoms. The van der Waals surface area contributed by atoms with Crippen molar-refractivity contribution in [2.75, 3.05) is 5.32 Å². The molecule has 0 radical (unpaired) electrons. The Morgan fingerprint density at radius 3 is 2.55 bits per heavy atom. The summed E-state index contributed by atoms with van der Waals surface area (Å²) in [7, 11) is 0. The number of ether oxygens (including phenoxy) is 1. The highest BCUT2D eigenvalue weighted by Crippen LogP contribution is 2.16. The molecule has 0 aromatic heterocycles. The molecule has 3 rings (SSSR count). The van der Waals surface area contributed by atoms with E-state index in [1.165, 1.54) is 18.2 Å². The lowest BCUT2D eigenvalue weighted by atomic mass is 10.2. The molecular formula is C21H15ClFN3O2S. The van der Waals surface area contributed by atoms with Gasteiger partial charge in [-0.2, -0.15) is 5.10 Å². The number of hydrogen-bond donors (Lipinski definition) is 2. The second-order valence-corrected chi connectivity index (χ2v) is 6.62. The zero-order chi connectivity index (χ0) is 20.6. The summed E-state index contributed by atoms with van der Waals surface area (Å²) in [5.41, 5.74) is 4.06. The van der Waals surface area contributed by atoms with E-state index in [1.807, 2.05) is 6.07 Å². The third-order valence-electron chi connectivity index (χ3n) is 3.65. The van der Waals surface area contributed by atoms with Crippen LogP contribution in [-0.4, -0.2) is 17.3 Å². The van der Waals surface area contributed by atoms with Gasteiger partial charge < -0.3 is 10.1 Å². The van der Waals surface area contributed by atoms with Crippen LogP contribution >= 0.6 is 23.8 Å². The molecule has 146 valence electrons. The van der Waals surface area contributed by atoms with Crippen molar-refractivity contribution in [2.24, 2.45) is 5.10 Å². The number of hydrogen-bond acceptors (Lipinski definition) is 4. The number of carbonyl (C=O) groups is 1. The Bertz CT molecular complexity index is 1060. The summed E-state index contributed by atoms with van der Waals surface area (Å²) in [4.78, 5) is 12.0. The molecule has 3 aromatic rings. The maximum absolute atomic E-state index is 13.6. The third-order valence-corrected chi connectivity index (χ3v) is 4.08. The van der Waals surface area contributed by atoms with Crippen molar-refractivity contribution in [3.05, 3.63) is 94.8 Å². The van der Waals surface area contributed by atoms with Crippen LogP contribution in [0.25, 0.3) is 0 Å². The molecule has 0 aliphatic carbocycles. The molecule has 0 aliphatic rings. The highest BCUT2D eigenvalue weighted by atomic mass is 35.5. The minimum Gasteiger partial charge on any atom is -0.423 e. The van der Waals surface area contributed by atoms with Gasteiger partial charge >= 0.3 is 5.97 Å². The van der Waals surface area contributed by atoms with Crippen LogP contribution in [0.5, 0.6) is 5.75 Å². The third kappa shape index (κ3) is 6.10. The van der Waals surface area contributed by atoms with Crippen LogP contribution < -0.4 is 15.5 Å². The smallest absolute Gasteiger partial charge is 0.346 e. The molecule has 0 saturated carbocycles. The minimum absolute atomic E-state index is 0.122. The Labute approximate surface area is 177 Å². The number of benzene rings is 3. The quantitative estimate of drug-likeness (QED) is 0.197. The topological polar surface area (TPSA) is 62.7 Å². The summed E-state index contributed by atoms with van der Waals surface area (Å²) in [6.07, 6.45) is 1.55. The number of hydrazone groups is 1. The van der Waals surface area contributed by atoms with E-state index in [0.29, 0.717) is 15.9 Å². The van der Waals surface area contributed by atoms with Crippen LogP contribution in [0.2, 0.25) is 5.02 Å². The van der Waals surface area contributed by atoms with Gasteiger partial charge in [0.25, 0.3) is 0 Å². The van der Waals surface area contributed by atoms with E-state index in [2.05, 4.69) is 15.8 Å². The zero-order valence-corrected chi connectivity index (χ0v) is 16.5. The van der Waals surface area contributed by atoms with Crippen molar-refractivity contribution in [3.8, 4) is 5.75 Å². The zero-order valence-electron chi connectivity index (χ0n) is 14.9. The van der Waals surface area contributed by atoms with E-state index in [4.69, 9.17) is 28.6 Å². The highest BCUT2D eigenvalue weighted by molar-refractivity contribution is 7.80. The van der Waals surface area contributed by atoms with Gasteiger partial charge in [-0.05, 0) is 72.4 Å². The summed E-state index contributed by atoms with van der Waals surface area (Å²) in [6, 6.07) is 19.3. The van der Waals surface area contributed by atoms with Gasteiger partial charge in [-0.25, -0.2) is 9.18 Å². The fourth-order valence-corrected chi connectivity index (χ4v) is 2.66. The predicted octanol–water partition coefficient (Wildman–Crippen LogP) is 5.02. The normalized spacial score (nSPS) is 10.6. The first-order valence-corrected chi connectivity index (χ1v) is 9.22. The molecule has 3 aromatic carbocycles. The molecule has 2 N–H and O–H groups in total. The summed E-state index contributed by atoms with van der Waals surface area (Å²) in [5.74, 6) is -1.10. The largest absolute Gasteiger partial charge is 0.423 e. The van der Waals surface area contributed by atoms with Gasteiger partial charge in [0.2, 0.25) is 0 Å². The SMILES string of the molecule is O=C(Oc1ccc(/C=N/NC(=S)Nc2cccc(Cl)c2)cc1)c1ccccc1F. The first-order chi connectivity index (χ1) is 14.0. The van der Waals surface area contributed by atoms with Gasteiger partial charge in [0, 0.05) is 10.7 Å². The maximum Gasteiger partial charge on any atom is 0.346 e. The lowest BCUT2D eigenvalue weighted by Gasteiger charge is -2.07. The molecule has 0 spiro atoms. The number of anilines is 1. The summed E-state index contributed by atoms with van der Waals surface area (Å²) in [5, 5.41) is 7.89. The number of nitrogens with one attached hydrogen (secondary N) is 2. The first kappa shape index (κ1) is 20.4. The van der Waals surface area contributed by atoms with Crippen LogP contribution in [0.4, 0.5) is 10.1 Å². The molecule has 0 saturated heterocycles. The van der Waals surface area contributed by atoms with Crippen LogP contribution in [0.3, 0.4) is 0 Å². The van der Waals surface area contributed by atoms with Crippen molar-refractivity contribution < 1.29 is 13.9 Å². The Morgan fingerprint density at radius 2 is 1.83 bits per heavy atom. The number of carbonyl (C=O) groups excluding carboxylic acids is 1. The number of nitrogens with zero attached hydrogens (tertiary/aromatic N) is 1. The van der Waals surface area contributed by atoms with Gasteiger partial charge in [0.1, 0.15) is 11.6 Å². The number of rotatable bonds is 5. The Balaban J connectivity index is 1.53. The summed E-state index contributed by atoms with van der Waals surface area (Å²) >= 11 is 11.1. The molecule has 8 heteroatoms. The van der Waals surface area contributed by atoms with Gasteiger partial charge in [0.15, 0.2) is 5.11 Å². The average Bonchev–Trinajstić information content (AvgIpc) is 2.69. The van der Waals surface area contributed by atoms with Crippen molar-refractivity contribution in [1.82, 2.24) is 5.43 Å². The van der Waals surface area contributed by atoms with Crippen LogP contribution in [-0.2, 0) is 0 Å². The molecule has 0 heterocycles. The molecule has 0 unspecified atom stereocenters. The van der Waals surface area contributed by atoms with Crippen molar-refractivity contribution in [3.63, 3.8) is 0 Å². The fraction of sp³-hybridized carbons (Fsp3) is 0. The molecule has 0 amide bonds. The van der Waals surface area contributed by atoms with E-state index in [9.17, 15) is 9.18 Å². The van der Waals surface area contributed by atoms with E-state index in [1.54, 1.807) is 54.7 Å². The van der Waals surface area contributed by atoms with Gasteiger partial charge in [-0.3, -0.25) is 5.43 Å². The summed E-state index contributed by atoms with van der Waals surface area (Å²) < 4.78 is 18.8. The van der Waals surface area contributed by atoms with Crippen LogP contribution in [0.1, 0.15) is 15.9 Å². The van der Waals surface area contributed by atoms with Gasteiger partial charge in [0.05, 0.1) is 11.8 Å². The van der Waals surface area contributed by atoms with E-state index >= 15 is 0 Å². The Hall–Kier alpha value is -3.29. The molecule has 0 fully saturated rings. The van der Waals surface area contributed by atoms with Crippen molar-refractivity contribution in [1.29, 1.82) is 0 Å². The second-order valence-electron chi connectivity index (χ2n) is 5.77. The molecule has 0 atom stereocenters. The molecule has 0 aliphatic heterocycles. The number of esters is 1. The van der Waals surface area contributed by atoms with Crippen molar-refractivity contribution >= 4 is 46.8 Å². The minimum atomic E-state index is -0.761. The van der Waals surface area contributed by atoms with E-state index in [0.717, 1.165) is 11.3 Å². The lowest BCUT2D eigenvalue weighted by Crippen LogP contribution is -2.23. The van der Waals surface area contributed by atoms with E-state index < -0.39 is 11.8 Å². The number of thiocarbonyl (C=S) groups is 1. The molecule has 5 nitrogen and oxygen atoms in total. The Kier molecular flexibility index (Phi) is 6.89. The van der Waals surface area contributed by atoms with Crippen LogP contribution in [0, 0.1) is 5.82 Å².